The Balaban J connectivity index is 1.98. The summed E-state index contributed by atoms with van der Waals surface area (Å²) in [6.45, 7) is 0. The Bertz CT molecular complexity index is 329. The van der Waals surface area contributed by atoms with Crippen molar-refractivity contribution in [3.8, 4) is 0 Å². The summed E-state index contributed by atoms with van der Waals surface area (Å²) in [7, 11) is 0. The van der Waals surface area contributed by atoms with Crippen LogP contribution >= 0.6 is 0 Å². The number of hydrogen-bond acceptors (Lipinski definition) is 0. The third kappa shape index (κ3) is 0.983. The second-order valence-corrected chi connectivity index (χ2v) is 3.86. The molecule has 0 aromatic heterocycles. The van der Waals surface area contributed by atoms with Gasteiger partial charge >= 0.3 is 0 Å². The van der Waals surface area contributed by atoms with E-state index in [4.69, 9.17) is 0 Å². The van der Waals surface area contributed by atoms with Crippen LogP contribution in [0.5, 0.6) is 0 Å². The zero-order valence-electron chi connectivity index (χ0n) is 7.43. The molecule has 1 aromatic rings. The Hall–Kier alpha value is -1.30. The van der Waals surface area contributed by atoms with Crippen molar-refractivity contribution in [2.75, 3.05) is 0 Å². The summed E-state index contributed by atoms with van der Waals surface area (Å²) in [4.78, 5) is 0. The van der Waals surface area contributed by atoms with Gasteiger partial charge in [0, 0.05) is 17.8 Å². The van der Waals surface area contributed by atoms with Gasteiger partial charge in [0.15, 0.2) is 0 Å². The van der Waals surface area contributed by atoms with E-state index in [9.17, 15) is 0 Å². The lowest BCUT2D eigenvalue weighted by Crippen LogP contribution is -2.05. The molecule has 2 aliphatic rings. The first-order chi connectivity index (χ1) is 6.45. The smallest absolute Gasteiger partial charge is 0.00334 e. The molecule has 0 heteroatoms. The quantitative estimate of drug-likeness (QED) is 0.565. The van der Waals surface area contributed by atoms with Crippen LogP contribution < -0.4 is 0 Å². The van der Waals surface area contributed by atoms with Gasteiger partial charge in [0.2, 0.25) is 0 Å². The molecule has 0 fully saturated rings. The predicted octanol–water partition coefficient (Wildman–Crippen LogP) is 3.14. The average Bonchev–Trinajstić information content (AvgIpc) is 2.78. The maximum atomic E-state index is 2.34. The second kappa shape index (κ2) is 2.59. The van der Waals surface area contributed by atoms with Gasteiger partial charge in [-0.15, -0.1) is 0 Å². The summed E-state index contributed by atoms with van der Waals surface area (Å²) in [5.74, 6) is 2.01. The second-order valence-electron chi connectivity index (χ2n) is 3.86. The van der Waals surface area contributed by atoms with Gasteiger partial charge < -0.3 is 0 Å². The normalized spacial score (nSPS) is 34.3. The fourth-order valence-corrected chi connectivity index (χ4v) is 2.50. The van der Waals surface area contributed by atoms with Gasteiger partial charge in [-0.25, -0.2) is 0 Å². The first kappa shape index (κ1) is 7.14. The minimum Gasteiger partial charge on any atom is -0.0804 e. The fourth-order valence-electron chi connectivity index (χ4n) is 2.50. The van der Waals surface area contributed by atoms with Crippen LogP contribution in [0.1, 0.15) is 11.5 Å². The number of allylic oxidation sites excluding steroid dienone is 4. The summed E-state index contributed by atoms with van der Waals surface area (Å²) in [5, 5.41) is 0. The van der Waals surface area contributed by atoms with E-state index < -0.39 is 0 Å². The summed E-state index contributed by atoms with van der Waals surface area (Å²) < 4.78 is 0. The standard InChI is InChI=1S/C13H12/c1-2-4-10(5-3-1)13-11-6-7-12(13)9-8-11/h1-9,11-13H. The minimum absolute atomic E-state index is 0.660. The molecule has 0 heterocycles. The maximum Gasteiger partial charge on any atom is 0.00334 e. The zero-order chi connectivity index (χ0) is 8.67. The van der Waals surface area contributed by atoms with Gasteiger partial charge in [-0.05, 0) is 5.56 Å². The topological polar surface area (TPSA) is 0 Å². The van der Waals surface area contributed by atoms with Gasteiger partial charge in [0.25, 0.3) is 0 Å². The Labute approximate surface area is 78.6 Å². The average molecular weight is 168 g/mol. The fraction of sp³-hybridized carbons (Fsp3) is 0.231. The predicted molar refractivity (Wildman–Crippen MR) is 54.4 cm³/mol. The van der Waals surface area contributed by atoms with Gasteiger partial charge in [0.1, 0.15) is 0 Å². The van der Waals surface area contributed by atoms with E-state index in [-0.39, 0.29) is 0 Å². The summed E-state index contributed by atoms with van der Waals surface area (Å²) in [6, 6.07) is 10.8. The van der Waals surface area contributed by atoms with E-state index >= 15 is 0 Å². The van der Waals surface area contributed by atoms with Crippen LogP contribution in [-0.4, -0.2) is 0 Å². The molecule has 1 aromatic carbocycles. The molecule has 0 amide bonds. The van der Waals surface area contributed by atoms with Crippen LogP contribution in [-0.2, 0) is 0 Å². The molecule has 0 saturated heterocycles. The molecule has 3 rings (SSSR count). The van der Waals surface area contributed by atoms with Crippen molar-refractivity contribution in [2.24, 2.45) is 11.8 Å². The van der Waals surface area contributed by atoms with E-state index in [1.807, 2.05) is 0 Å². The summed E-state index contributed by atoms with van der Waals surface area (Å²) in [5.41, 5.74) is 1.48. The summed E-state index contributed by atoms with van der Waals surface area (Å²) >= 11 is 0. The van der Waals surface area contributed by atoms with Crippen LogP contribution in [0.15, 0.2) is 54.6 Å². The SMILES string of the molecule is C1=CC2C=CC1C2c1ccccc1. The lowest BCUT2D eigenvalue weighted by atomic mass is 9.88. The lowest BCUT2D eigenvalue weighted by molar-refractivity contribution is 0.600. The maximum absolute atomic E-state index is 2.34. The van der Waals surface area contributed by atoms with Crippen molar-refractivity contribution < 1.29 is 0 Å². The van der Waals surface area contributed by atoms with Crippen molar-refractivity contribution in [1.82, 2.24) is 0 Å². The van der Waals surface area contributed by atoms with Gasteiger partial charge in [-0.2, -0.15) is 0 Å². The largest absolute Gasteiger partial charge is 0.0804 e. The monoisotopic (exact) mass is 168 g/mol. The molecule has 0 saturated carbocycles. The third-order valence-electron chi connectivity index (χ3n) is 3.12. The molecule has 0 aliphatic heterocycles. The van der Waals surface area contributed by atoms with E-state index in [1.165, 1.54) is 5.56 Å². The van der Waals surface area contributed by atoms with Crippen molar-refractivity contribution >= 4 is 0 Å². The first-order valence-electron chi connectivity index (χ1n) is 4.87. The van der Waals surface area contributed by atoms with Crippen LogP contribution in [0, 0.1) is 11.8 Å². The summed E-state index contributed by atoms with van der Waals surface area (Å²) in [6.07, 6.45) is 9.34. The number of fused-ring (bicyclic) bond motifs is 2. The number of benzene rings is 1. The van der Waals surface area contributed by atoms with Gasteiger partial charge in [0.05, 0.1) is 0 Å². The molecule has 64 valence electrons. The molecule has 13 heavy (non-hydrogen) atoms. The molecule has 0 spiro atoms. The molecular formula is C13H12. The highest BCUT2D eigenvalue weighted by Crippen LogP contribution is 2.45. The zero-order valence-corrected chi connectivity index (χ0v) is 7.43. The van der Waals surface area contributed by atoms with E-state index in [0.717, 1.165) is 0 Å². The first-order valence-corrected chi connectivity index (χ1v) is 4.87. The highest BCUT2D eigenvalue weighted by Gasteiger charge is 2.33. The van der Waals surface area contributed by atoms with Gasteiger partial charge in [-0.3, -0.25) is 0 Å². The van der Waals surface area contributed by atoms with Crippen LogP contribution in [0.4, 0.5) is 0 Å². The van der Waals surface area contributed by atoms with Crippen molar-refractivity contribution in [3.05, 3.63) is 60.2 Å². The molecular weight excluding hydrogens is 156 g/mol. The van der Waals surface area contributed by atoms with Gasteiger partial charge in [-0.1, -0.05) is 54.6 Å². The Morgan fingerprint density at radius 1 is 0.692 bits per heavy atom. The molecule has 0 N–H and O–H groups in total. The molecule has 2 aliphatic carbocycles. The van der Waals surface area contributed by atoms with Crippen molar-refractivity contribution in [3.63, 3.8) is 0 Å². The minimum atomic E-state index is 0.660. The van der Waals surface area contributed by atoms with Crippen LogP contribution in [0.2, 0.25) is 0 Å². The lowest BCUT2D eigenvalue weighted by Gasteiger charge is -2.15. The molecule has 0 radical (unpaired) electrons. The Morgan fingerprint density at radius 3 is 1.77 bits per heavy atom. The highest BCUT2D eigenvalue weighted by atomic mass is 14.4. The molecule has 0 unspecified atom stereocenters. The highest BCUT2D eigenvalue weighted by molar-refractivity contribution is 5.36. The van der Waals surface area contributed by atoms with Crippen molar-refractivity contribution in [2.45, 2.75) is 5.92 Å². The van der Waals surface area contributed by atoms with E-state index in [1.54, 1.807) is 0 Å². The molecule has 0 nitrogen and oxygen atoms in total. The Morgan fingerprint density at radius 2 is 1.23 bits per heavy atom. The van der Waals surface area contributed by atoms with E-state index in [0.29, 0.717) is 17.8 Å². The van der Waals surface area contributed by atoms with E-state index in [2.05, 4.69) is 54.6 Å². The Kier molecular flexibility index (Phi) is 1.42. The molecule has 2 bridgehead atoms. The number of rotatable bonds is 1. The number of hydrogen-bond donors (Lipinski definition) is 0. The third-order valence-corrected chi connectivity index (χ3v) is 3.12. The molecule has 0 atom stereocenters. The van der Waals surface area contributed by atoms with Crippen LogP contribution in [0.3, 0.4) is 0 Å². The van der Waals surface area contributed by atoms with Crippen molar-refractivity contribution in [1.29, 1.82) is 0 Å². The van der Waals surface area contributed by atoms with Crippen LogP contribution in [0.25, 0.3) is 0 Å².